The third-order valence-electron chi connectivity index (χ3n) is 4.22. The summed E-state index contributed by atoms with van der Waals surface area (Å²) in [5, 5.41) is 9.87. The first kappa shape index (κ1) is 13.9. The highest BCUT2D eigenvalue weighted by atomic mass is 16.5. The SMILES string of the molecule is CC[C@@H](C(=O)OC)[C@H]1C=C(O)CCN2C(=O)CC[C@@H]12. The average molecular weight is 267 g/mol. The fourth-order valence-corrected chi connectivity index (χ4v) is 3.23. The van der Waals surface area contributed by atoms with E-state index in [1.165, 1.54) is 7.11 Å². The lowest BCUT2D eigenvalue weighted by molar-refractivity contribution is -0.148. The minimum atomic E-state index is -0.302. The molecule has 2 heterocycles. The van der Waals surface area contributed by atoms with Crippen LogP contribution in [0.25, 0.3) is 0 Å². The topological polar surface area (TPSA) is 66.8 Å². The molecule has 3 atom stereocenters. The maximum Gasteiger partial charge on any atom is 0.309 e. The van der Waals surface area contributed by atoms with Crippen LogP contribution in [0.3, 0.4) is 0 Å². The first-order valence-corrected chi connectivity index (χ1v) is 6.85. The molecule has 0 saturated carbocycles. The van der Waals surface area contributed by atoms with Crippen molar-refractivity contribution in [2.75, 3.05) is 13.7 Å². The van der Waals surface area contributed by atoms with Gasteiger partial charge in [-0.2, -0.15) is 0 Å². The molecule has 0 aromatic rings. The third-order valence-corrected chi connectivity index (χ3v) is 4.22. The Bertz CT molecular complexity index is 404. The van der Waals surface area contributed by atoms with Crippen LogP contribution >= 0.6 is 0 Å². The van der Waals surface area contributed by atoms with E-state index in [4.69, 9.17) is 4.74 Å². The lowest BCUT2D eigenvalue weighted by atomic mass is 9.83. The second-order valence-corrected chi connectivity index (χ2v) is 5.22. The first-order valence-electron chi connectivity index (χ1n) is 6.85. The van der Waals surface area contributed by atoms with Gasteiger partial charge in [-0.25, -0.2) is 0 Å². The Morgan fingerprint density at radius 2 is 2.32 bits per heavy atom. The summed E-state index contributed by atoms with van der Waals surface area (Å²) >= 11 is 0. The van der Waals surface area contributed by atoms with Crippen LogP contribution in [0.4, 0.5) is 0 Å². The van der Waals surface area contributed by atoms with Gasteiger partial charge >= 0.3 is 5.97 Å². The number of carbonyl (C=O) groups excluding carboxylic acids is 2. The number of esters is 1. The number of rotatable bonds is 3. The number of amides is 1. The van der Waals surface area contributed by atoms with E-state index in [1.807, 2.05) is 11.8 Å². The molecule has 0 unspecified atom stereocenters. The van der Waals surface area contributed by atoms with Crippen molar-refractivity contribution in [2.24, 2.45) is 11.8 Å². The number of methoxy groups -OCH3 is 1. The van der Waals surface area contributed by atoms with Gasteiger partial charge in [0.15, 0.2) is 0 Å². The van der Waals surface area contributed by atoms with Crippen LogP contribution in [0.5, 0.6) is 0 Å². The normalized spacial score (nSPS) is 28.4. The molecule has 0 spiro atoms. The molecular formula is C14H21NO4. The highest BCUT2D eigenvalue weighted by Crippen LogP contribution is 2.35. The molecule has 5 heteroatoms. The highest BCUT2D eigenvalue weighted by Gasteiger charge is 2.42. The summed E-state index contributed by atoms with van der Waals surface area (Å²) in [5.74, 6) is -0.319. The number of hydrogen-bond donors (Lipinski definition) is 1. The summed E-state index contributed by atoms with van der Waals surface area (Å²) in [6.45, 7) is 2.47. The van der Waals surface area contributed by atoms with Crippen molar-refractivity contribution in [2.45, 2.75) is 38.6 Å². The Hall–Kier alpha value is -1.52. The van der Waals surface area contributed by atoms with E-state index < -0.39 is 0 Å². The highest BCUT2D eigenvalue weighted by molar-refractivity contribution is 5.79. The summed E-state index contributed by atoms with van der Waals surface area (Å²) in [5.41, 5.74) is 0. The van der Waals surface area contributed by atoms with Crippen LogP contribution in [-0.4, -0.2) is 41.6 Å². The van der Waals surface area contributed by atoms with E-state index in [-0.39, 0.29) is 35.5 Å². The Morgan fingerprint density at radius 3 is 2.95 bits per heavy atom. The fraction of sp³-hybridized carbons (Fsp3) is 0.714. The van der Waals surface area contributed by atoms with Gasteiger partial charge in [-0.1, -0.05) is 6.92 Å². The summed E-state index contributed by atoms with van der Waals surface area (Å²) in [6.07, 6.45) is 4.15. The average Bonchev–Trinajstić information content (AvgIpc) is 2.67. The van der Waals surface area contributed by atoms with Crippen molar-refractivity contribution >= 4 is 11.9 Å². The zero-order valence-corrected chi connectivity index (χ0v) is 11.5. The Kier molecular flexibility index (Phi) is 4.12. The molecular weight excluding hydrogens is 246 g/mol. The second-order valence-electron chi connectivity index (χ2n) is 5.22. The van der Waals surface area contributed by atoms with E-state index in [2.05, 4.69) is 0 Å². The van der Waals surface area contributed by atoms with Crippen LogP contribution < -0.4 is 0 Å². The number of aliphatic hydroxyl groups is 1. The van der Waals surface area contributed by atoms with Gasteiger partial charge in [0.05, 0.1) is 18.8 Å². The Labute approximate surface area is 113 Å². The third kappa shape index (κ3) is 2.60. The number of hydrogen-bond acceptors (Lipinski definition) is 4. The number of ether oxygens (including phenoxy) is 1. The number of aliphatic hydroxyl groups excluding tert-OH is 1. The molecule has 0 aromatic carbocycles. The van der Waals surface area contributed by atoms with Crippen LogP contribution in [0.15, 0.2) is 11.8 Å². The molecule has 5 nitrogen and oxygen atoms in total. The van der Waals surface area contributed by atoms with Gasteiger partial charge in [0.2, 0.25) is 5.91 Å². The van der Waals surface area contributed by atoms with Crippen molar-refractivity contribution in [1.82, 2.24) is 4.90 Å². The van der Waals surface area contributed by atoms with Crippen molar-refractivity contribution < 1.29 is 19.4 Å². The Balaban J connectivity index is 2.30. The predicted octanol–water partition coefficient (Wildman–Crippen LogP) is 1.64. The molecule has 2 rings (SSSR count). The molecule has 0 aromatic heterocycles. The van der Waals surface area contributed by atoms with E-state index in [0.717, 1.165) is 6.42 Å². The van der Waals surface area contributed by atoms with Crippen molar-refractivity contribution in [1.29, 1.82) is 0 Å². The molecule has 0 bridgehead atoms. The zero-order chi connectivity index (χ0) is 14.0. The van der Waals surface area contributed by atoms with Gasteiger partial charge in [0.25, 0.3) is 0 Å². The fourth-order valence-electron chi connectivity index (χ4n) is 3.23. The van der Waals surface area contributed by atoms with Gasteiger partial charge in [0, 0.05) is 31.3 Å². The molecule has 0 radical (unpaired) electrons. The Morgan fingerprint density at radius 1 is 1.58 bits per heavy atom. The van der Waals surface area contributed by atoms with E-state index >= 15 is 0 Å². The van der Waals surface area contributed by atoms with Crippen molar-refractivity contribution in [3.05, 3.63) is 11.8 Å². The van der Waals surface area contributed by atoms with Gasteiger partial charge in [-0.15, -0.1) is 0 Å². The lowest BCUT2D eigenvalue weighted by Crippen LogP contribution is -2.41. The summed E-state index contributed by atoms with van der Waals surface area (Å²) in [6, 6.07) is 0.0150. The predicted molar refractivity (Wildman–Crippen MR) is 69.4 cm³/mol. The van der Waals surface area contributed by atoms with E-state index in [1.54, 1.807) is 6.08 Å². The minimum Gasteiger partial charge on any atom is -0.513 e. The van der Waals surface area contributed by atoms with Gasteiger partial charge in [-0.05, 0) is 18.9 Å². The molecule has 1 saturated heterocycles. The van der Waals surface area contributed by atoms with Crippen LogP contribution in [-0.2, 0) is 14.3 Å². The summed E-state index contributed by atoms with van der Waals surface area (Å²) < 4.78 is 4.85. The molecule has 2 aliphatic rings. The molecule has 1 amide bonds. The molecule has 2 aliphatic heterocycles. The molecule has 106 valence electrons. The quantitative estimate of drug-likeness (QED) is 0.789. The monoisotopic (exact) mass is 267 g/mol. The number of carbonyl (C=O) groups is 2. The molecule has 1 N–H and O–H groups in total. The standard InChI is InChI=1S/C14H21NO4/c1-3-10(14(18)19-2)11-8-9(16)6-7-15-12(11)4-5-13(15)17/h8,10-12,16H,3-7H2,1-2H3/t10-,11-,12+/m1/s1. The van der Waals surface area contributed by atoms with Crippen LogP contribution in [0.1, 0.15) is 32.6 Å². The summed E-state index contributed by atoms with van der Waals surface area (Å²) in [7, 11) is 1.38. The summed E-state index contributed by atoms with van der Waals surface area (Å²) in [4.78, 5) is 25.6. The van der Waals surface area contributed by atoms with Gasteiger partial charge < -0.3 is 14.7 Å². The minimum absolute atomic E-state index is 0.0150. The second kappa shape index (κ2) is 5.63. The van der Waals surface area contributed by atoms with Gasteiger partial charge in [0.1, 0.15) is 0 Å². The van der Waals surface area contributed by atoms with Crippen LogP contribution in [0.2, 0.25) is 0 Å². The van der Waals surface area contributed by atoms with E-state index in [0.29, 0.717) is 25.8 Å². The largest absolute Gasteiger partial charge is 0.513 e. The maximum atomic E-state index is 11.9. The number of fused-ring (bicyclic) bond motifs is 1. The molecule has 0 aliphatic carbocycles. The molecule has 19 heavy (non-hydrogen) atoms. The van der Waals surface area contributed by atoms with Crippen molar-refractivity contribution in [3.63, 3.8) is 0 Å². The van der Waals surface area contributed by atoms with E-state index in [9.17, 15) is 14.7 Å². The van der Waals surface area contributed by atoms with Gasteiger partial charge in [-0.3, -0.25) is 9.59 Å². The molecule has 1 fully saturated rings. The zero-order valence-electron chi connectivity index (χ0n) is 11.5. The first-order chi connectivity index (χ1) is 9.08. The number of nitrogens with zero attached hydrogens (tertiary/aromatic N) is 1. The maximum absolute atomic E-state index is 11.9. The smallest absolute Gasteiger partial charge is 0.309 e. The van der Waals surface area contributed by atoms with Crippen molar-refractivity contribution in [3.8, 4) is 0 Å². The lowest BCUT2D eigenvalue weighted by Gasteiger charge is -2.31. The van der Waals surface area contributed by atoms with Crippen LogP contribution in [0, 0.1) is 11.8 Å².